The highest BCUT2D eigenvalue weighted by Gasteiger charge is 2.21. The number of hydrazine groups is 1. The Kier molecular flexibility index (Phi) is 2.66. The maximum Gasteiger partial charge on any atom is 0.279 e. The Labute approximate surface area is 88.8 Å². The molecule has 0 aliphatic carbocycles. The predicted octanol–water partition coefficient (Wildman–Crippen LogP) is 1.86. The first kappa shape index (κ1) is 9.18. The Morgan fingerprint density at radius 1 is 1.69 bits per heavy atom. The molecule has 0 atom stereocenters. The molecule has 0 aromatic carbocycles. The number of nitrogens with one attached hydrogen (secondary N) is 1. The van der Waals surface area contributed by atoms with Crippen molar-refractivity contribution in [2.75, 3.05) is 13.1 Å². The van der Waals surface area contributed by atoms with E-state index in [1.807, 2.05) is 11.4 Å². The Morgan fingerprint density at radius 2 is 2.54 bits per heavy atom. The largest absolute Gasteiger partial charge is 0.279 e. The Hall–Kier alpha value is -0.390. The molecule has 1 fully saturated rings. The van der Waals surface area contributed by atoms with E-state index in [1.165, 1.54) is 11.3 Å². The first-order valence-corrected chi connectivity index (χ1v) is 5.74. The van der Waals surface area contributed by atoms with Gasteiger partial charge in [-0.2, -0.15) is 0 Å². The van der Waals surface area contributed by atoms with Crippen molar-refractivity contribution in [2.45, 2.75) is 6.42 Å². The van der Waals surface area contributed by atoms with Crippen LogP contribution in [0.2, 0.25) is 0 Å². The van der Waals surface area contributed by atoms with E-state index < -0.39 is 0 Å². The third kappa shape index (κ3) is 1.77. The van der Waals surface area contributed by atoms with Crippen LogP contribution in [-0.4, -0.2) is 24.0 Å². The van der Waals surface area contributed by atoms with E-state index in [0.29, 0.717) is 0 Å². The third-order valence-corrected chi connectivity index (χ3v) is 3.74. The molecule has 1 N–H and O–H groups in total. The van der Waals surface area contributed by atoms with Gasteiger partial charge in [-0.25, -0.2) is 5.43 Å². The zero-order valence-electron chi connectivity index (χ0n) is 6.92. The minimum atomic E-state index is 0.0689. The maximum absolute atomic E-state index is 11.8. The van der Waals surface area contributed by atoms with E-state index in [1.54, 1.807) is 5.01 Å². The van der Waals surface area contributed by atoms with Crippen molar-refractivity contribution in [3.63, 3.8) is 0 Å². The van der Waals surface area contributed by atoms with Crippen LogP contribution >= 0.6 is 27.3 Å². The minimum Gasteiger partial charge on any atom is -0.273 e. The highest BCUT2D eigenvalue weighted by Crippen LogP contribution is 2.24. The van der Waals surface area contributed by atoms with Gasteiger partial charge in [-0.05, 0) is 33.8 Å². The van der Waals surface area contributed by atoms with Crippen LogP contribution in [0.15, 0.2) is 15.9 Å². The summed E-state index contributed by atoms with van der Waals surface area (Å²) in [7, 11) is 0. The molecule has 70 valence electrons. The second-order valence-corrected chi connectivity index (χ2v) is 4.59. The predicted molar refractivity (Wildman–Crippen MR) is 55.7 cm³/mol. The van der Waals surface area contributed by atoms with Crippen molar-refractivity contribution >= 4 is 33.2 Å². The molecular formula is C8H9BrN2OS. The molecule has 1 aromatic heterocycles. The van der Waals surface area contributed by atoms with E-state index >= 15 is 0 Å². The number of nitrogens with zero attached hydrogens (tertiary/aromatic N) is 1. The van der Waals surface area contributed by atoms with Crippen LogP contribution in [0.5, 0.6) is 0 Å². The van der Waals surface area contributed by atoms with Gasteiger partial charge in [-0.3, -0.25) is 9.80 Å². The molecule has 2 rings (SSSR count). The van der Waals surface area contributed by atoms with Crippen molar-refractivity contribution < 1.29 is 4.79 Å². The van der Waals surface area contributed by atoms with Gasteiger partial charge in [0.25, 0.3) is 5.91 Å². The number of thiophene rings is 1. The second-order valence-electron chi connectivity index (χ2n) is 2.82. The SMILES string of the molecule is O=C(c1sccc1Br)N1CCCN1. The maximum atomic E-state index is 11.8. The average Bonchev–Trinajstić information content (AvgIpc) is 2.72. The van der Waals surface area contributed by atoms with E-state index in [0.717, 1.165) is 28.9 Å². The molecule has 1 amide bonds. The molecule has 1 saturated heterocycles. The summed E-state index contributed by atoms with van der Waals surface area (Å²) in [5.41, 5.74) is 3.04. The van der Waals surface area contributed by atoms with Gasteiger partial charge in [-0.1, -0.05) is 0 Å². The normalized spacial score (nSPS) is 16.5. The van der Waals surface area contributed by atoms with Crippen LogP contribution in [0.4, 0.5) is 0 Å². The summed E-state index contributed by atoms with van der Waals surface area (Å²) < 4.78 is 0.885. The van der Waals surface area contributed by atoms with Crippen LogP contribution in [0.25, 0.3) is 0 Å². The topological polar surface area (TPSA) is 32.3 Å². The molecule has 1 aliphatic rings. The highest BCUT2D eigenvalue weighted by molar-refractivity contribution is 9.10. The van der Waals surface area contributed by atoms with Crippen molar-refractivity contribution in [3.8, 4) is 0 Å². The molecule has 0 radical (unpaired) electrons. The van der Waals surface area contributed by atoms with Crippen LogP contribution in [0.3, 0.4) is 0 Å². The van der Waals surface area contributed by atoms with Gasteiger partial charge in [0.05, 0.1) is 0 Å². The highest BCUT2D eigenvalue weighted by atomic mass is 79.9. The summed E-state index contributed by atoms with van der Waals surface area (Å²) in [5, 5.41) is 3.59. The first-order valence-electron chi connectivity index (χ1n) is 4.07. The number of carbonyl (C=O) groups excluding carboxylic acids is 1. The van der Waals surface area contributed by atoms with Crippen LogP contribution in [0.1, 0.15) is 16.1 Å². The zero-order chi connectivity index (χ0) is 9.26. The smallest absolute Gasteiger partial charge is 0.273 e. The number of halogens is 1. The van der Waals surface area contributed by atoms with Crippen molar-refractivity contribution in [3.05, 3.63) is 20.8 Å². The monoisotopic (exact) mass is 260 g/mol. The second kappa shape index (κ2) is 3.77. The molecule has 0 unspecified atom stereocenters. The van der Waals surface area contributed by atoms with Gasteiger partial charge >= 0.3 is 0 Å². The van der Waals surface area contributed by atoms with Crippen molar-refractivity contribution in [2.24, 2.45) is 0 Å². The Bertz CT molecular complexity index is 320. The molecule has 1 aromatic rings. The first-order chi connectivity index (χ1) is 6.29. The zero-order valence-corrected chi connectivity index (χ0v) is 9.32. The molecule has 13 heavy (non-hydrogen) atoms. The van der Waals surface area contributed by atoms with Gasteiger partial charge in [0.1, 0.15) is 4.88 Å². The lowest BCUT2D eigenvalue weighted by molar-refractivity contribution is 0.0730. The number of hydrogen-bond donors (Lipinski definition) is 1. The summed E-state index contributed by atoms with van der Waals surface area (Å²) in [4.78, 5) is 12.5. The number of amides is 1. The van der Waals surface area contributed by atoms with E-state index in [4.69, 9.17) is 0 Å². The van der Waals surface area contributed by atoms with E-state index in [-0.39, 0.29) is 5.91 Å². The number of carbonyl (C=O) groups is 1. The summed E-state index contributed by atoms with van der Waals surface area (Å²) in [6, 6.07) is 1.90. The molecular weight excluding hydrogens is 252 g/mol. The fraction of sp³-hybridized carbons (Fsp3) is 0.375. The minimum absolute atomic E-state index is 0.0689. The van der Waals surface area contributed by atoms with Gasteiger partial charge in [0, 0.05) is 17.6 Å². The number of rotatable bonds is 1. The van der Waals surface area contributed by atoms with Gasteiger partial charge < -0.3 is 0 Å². The Morgan fingerprint density at radius 3 is 3.08 bits per heavy atom. The summed E-state index contributed by atoms with van der Waals surface area (Å²) >= 11 is 4.82. The lowest BCUT2D eigenvalue weighted by atomic mass is 10.4. The van der Waals surface area contributed by atoms with Gasteiger partial charge in [-0.15, -0.1) is 11.3 Å². The fourth-order valence-electron chi connectivity index (χ4n) is 1.27. The molecule has 3 nitrogen and oxygen atoms in total. The van der Waals surface area contributed by atoms with Gasteiger partial charge in [0.2, 0.25) is 0 Å². The quantitative estimate of drug-likeness (QED) is 0.836. The van der Waals surface area contributed by atoms with Crippen LogP contribution in [0, 0.1) is 0 Å². The number of hydrogen-bond acceptors (Lipinski definition) is 3. The lowest BCUT2D eigenvalue weighted by Gasteiger charge is -2.14. The third-order valence-electron chi connectivity index (χ3n) is 1.92. The average molecular weight is 261 g/mol. The van der Waals surface area contributed by atoms with E-state index in [9.17, 15) is 4.79 Å². The van der Waals surface area contributed by atoms with Crippen molar-refractivity contribution in [1.82, 2.24) is 10.4 Å². The summed E-state index contributed by atoms with van der Waals surface area (Å²) in [6.45, 7) is 1.71. The molecule has 0 spiro atoms. The van der Waals surface area contributed by atoms with E-state index in [2.05, 4.69) is 21.4 Å². The fourth-order valence-corrected chi connectivity index (χ4v) is 2.76. The Balaban J connectivity index is 2.17. The standard InChI is InChI=1S/C8H9BrN2OS/c9-6-2-5-13-7(6)8(12)11-4-1-3-10-11/h2,5,10H,1,3-4H2. The lowest BCUT2D eigenvalue weighted by Crippen LogP contribution is -2.36. The summed E-state index contributed by atoms with van der Waals surface area (Å²) in [5.74, 6) is 0.0689. The molecule has 0 saturated carbocycles. The van der Waals surface area contributed by atoms with Crippen LogP contribution in [-0.2, 0) is 0 Å². The van der Waals surface area contributed by atoms with Gasteiger partial charge in [0.15, 0.2) is 0 Å². The molecule has 5 heteroatoms. The van der Waals surface area contributed by atoms with Crippen LogP contribution < -0.4 is 5.43 Å². The molecule has 0 bridgehead atoms. The molecule has 1 aliphatic heterocycles. The van der Waals surface area contributed by atoms with Crippen molar-refractivity contribution in [1.29, 1.82) is 0 Å². The summed E-state index contributed by atoms with van der Waals surface area (Å²) in [6.07, 6.45) is 1.04. The molecule has 2 heterocycles.